The van der Waals surface area contributed by atoms with Crippen LogP contribution < -0.4 is 16.1 Å². The molecule has 3 heterocycles. The van der Waals surface area contributed by atoms with Gasteiger partial charge in [0.2, 0.25) is 5.91 Å². The van der Waals surface area contributed by atoms with Crippen LogP contribution in [0.1, 0.15) is 76.3 Å². The molecule has 0 spiro atoms. The Bertz CT molecular complexity index is 2010. The number of amides is 3. The molecule has 2 aliphatic rings. The van der Waals surface area contributed by atoms with Gasteiger partial charge in [-0.05, 0) is 88.4 Å². The van der Waals surface area contributed by atoms with Gasteiger partial charge in [-0.2, -0.15) is 5.48 Å². The van der Waals surface area contributed by atoms with E-state index in [1.807, 2.05) is 39.0 Å². The largest absolute Gasteiger partial charge is 0.737 e. The number of nitrogens with zero attached hydrogens (tertiary/aromatic N) is 2. The molecule has 0 saturated heterocycles. The molecule has 3 aromatic rings. The Morgan fingerprint density at radius 1 is 0.923 bits per heavy atom. The van der Waals surface area contributed by atoms with Crippen LogP contribution in [0.25, 0.3) is 5.57 Å². The number of benzene rings is 2. The van der Waals surface area contributed by atoms with E-state index in [-0.39, 0.29) is 13.0 Å². The van der Waals surface area contributed by atoms with Crippen molar-refractivity contribution in [1.29, 1.82) is 0 Å². The molecule has 0 saturated carbocycles. The van der Waals surface area contributed by atoms with Crippen molar-refractivity contribution in [2.24, 2.45) is 0 Å². The van der Waals surface area contributed by atoms with Gasteiger partial charge in [0, 0.05) is 36.3 Å². The van der Waals surface area contributed by atoms with Gasteiger partial charge in [0.25, 0.3) is 5.91 Å². The summed E-state index contributed by atoms with van der Waals surface area (Å²) in [5.74, 6) is -2.18. The SMILES string of the molecule is CC1=CC(C)=[N+]2C1=C(CCCOC(=O)N[C@H](Cc1ccccc1)C(=O)NCC(=O)NOC(=O)c1c(C)cc(C)cc1C)c1c(C)cc(C)n1[B-]2(F)F. The molecule has 1 aromatic heterocycles. The molecule has 1 atom stereocenters. The summed E-state index contributed by atoms with van der Waals surface area (Å²) in [7, 11) is 0. The average molecular weight is 716 g/mol. The summed E-state index contributed by atoms with van der Waals surface area (Å²) < 4.78 is 39.4. The van der Waals surface area contributed by atoms with Crippen molar-refractivity contribution in [2.75, 3.05) is 13.2 Å². The highest BCUT2D eigenvalue weighted by Crippen LogP contribution is 2.43. The first-order valence-corrected chi connectivity index (χ1v) is 17.2. The summed E-state index contributed by atoms with van der Waals surface area (Å²) in [6, 6.07) is 13.3. The number of aromatic nitrogens is 1. The maximum atomic E-state index is 15.8. The second-order valence-corrected chi connectivity index (χ2v) is 13.5. The average Bonchev–Trinajstić information content (AvgIpc) is 3.56. The second kappa shape index (κ2) is 15.4. The lowest BCUT2D eigenvalue weighted by molar-refractivity contribution is -0.363. The number of hydroxylamine groups is 1. The summed E-state index contributed by atoms with van der Waals surface area (Å²) >= 11 is 0. The minimum Gasteiger partial charge on any atom is -0.450 e. The molecule has 5 rings (SSSR count). The van der Waals surface area contributed by atoms with E-state index < -0.39 is 43.4 Å². The third kappa shape index (κ3) is 7.85. The fourth-order valence-corrected chi connectivity index (χ4v) is 7.31. The van der Waals surface area contributed by atoms with Crippen LogP contribution in [0.5, 0.6) is 0 Å². The van der Waals surface area contributed by atoms with E-state index in [4.69, 9.17) is 9.57 Å². The molecular formula is C38H44BF2N5O6. The lowest BCUT2D eigenvalue weighted by Crippen LogP contribution is -2.51. The van der Waals surface area contributed by atoms with E-state index in [2.05, 4.69) is 16.1 Å². The van der Waals surface area contributed by atoms with Crippen LogP contribution in [0.3, 0.4) is 0 Å². The van der Waals surface area contributed by atoms with Gasteiger partial charge in [-0.25, -0.2) is 9.59 Å². The Balaban J connectivity index is 1.18. The molecule has 0 fully saturated rings. The number of aryl methyl sites for hydroxylation is 5. The Morgan fingerprint density at radius 2 is 1.60 bits per heavy atom. The minimum absolute atomic E-state index is 0.0400. The molecule has 14 heteroatoms. The van der Waals surface area contributed by atoms with Gasteiger partial charge in [0.05, 0.1) is 18.7 Å². The van der Waals surface area contributed by atoms with E-state index in [1.54, 1.807) is 64.1 Å². The summed E-state index contributed by atoms with van der Waals surface area (Å²) in [6.45, 7) is 7.77. The summed E-state index contributed by atoms with van der Waals surface area (Å²) in [5.41, 5.74) is 9.68. The van der Waals surface area contributed by atoms with Gasteiger partial charge < -0.3 is 37.8 Å². The maximum absolute atomic E-state index is 15.8. The lowest BCUT2D eigenvalue weighted by Gasteiger charge is -2.34. The van der Waals surface area contributed by atoms with Crippen molar-refractivity contribution in [2.45, 2.75) is 73.8 Å². The fraction of sp³-hybridized carbons (Fsp3) is 0.342. The first-order valence-electron chi connectivity index (χ1n) is 17.2. The second-order valence-electron chi connectivity index (χ2n) is 13.5. The van der Waals surface area contributed by atoms with Crippen molar-refractivity contribution in [1.82, 2.24) is 20.6 Å². The van der Waals surface area contributed by atoms with E-state index in [0.717, 1.165) is 36.8 Å². The van der Waals surface area contributed by atoms with E-state index in [1.165, 1.54) is 0 Å². The third-order valence-electron chi connectivity index (χ3n) is 9.29. The van der Waals surface area contributed by atoms with Crippen molar-refractivity contribution in [3.05, 3.63) is 111 Å². The summed E-state index contributed by atoms with van der Waals surface area (Å²) in [4.78, 5) is 56.3. The Labute approximate surface area is 301 Å². The zero-order chi connectivity index (χ0) is 37.9. The minimum atomic E-state index is -4.08. The molecule has 52 heavy (non-hydrogen) atoms. The van der Waals surface area contributed by atoms with Crippen LogP contribution in [-0.2, 0) is 25.6 Å². The highest BCUT2D eigenvalue weighted by atomic mass is 19.2. The first kappa shape index (κ1) is 37.7. The Morgan fingerprint density at radius 3 is 2.27 bits per heavy atom. The summed E-state index contributed by atoms with van der Waals surface area (Å²) in [6.07, 6.45) is 1.71. The number of alkyl carbamates (subject to hydrolysis) is 1. The Kier molecular flexibility index (Phi) is 11.2. The molecular weight excluding hydrogens is 671 g/mol. The van der Waals surface area contributed by atoms with Crippen LogP contribution in [0.4, 0.5) is 13.4 Å². The van der Waals surface area contributed by atoms with Crippen LogP contribution in [0.2, 0.25) is 0 Å². The van der Waals surface area contributed by atoms with Crippen molar-refractivity contribution >= 4 is 42.1 Å². The monoisotopic (exact) mass is 715 g/mol. The quantitative estimate of drug-likeness (QED) is 0.136. The van der Waals surface area contributed by atoms with Crippen molar-refractivity contribution in [3.8, 4) is 0 Å². The van der Waals surface area contributed by atoms with Gasteiger partial charge in [-0.1, -0.05) is 48.0 Å². The number of ether oxygens (including phenoxy) is 1. The van der Waals surface area contributed by atoms with Crippen molar-refractivity contribution < 1.29 is 41.9 Å². The van der Waals surface area contributed by atoms with Crippen LogP contribution >= 0.6 is 0 Å². The van der Waals surface area contributed by atoms with Crippen LogP contribution in [-0.4, -0.2) is 64.7 Å². The maximum Gasteiger partial charge on any atom is 0.737 e. The fourth-order valence-electron chi connectivity index (χ4n) is 7.31. The summed E-state index contributed by atoms with van der Waals surface area (Å²) in [5, 5.41) is 5.05. The third-order valence-corrected chi connectivity index (χ3v) is 9.29. The number of carbonyl (C=O) groups is 4. The highest BCUT2D eigenvalue weighted by Gasteiger charge is 2.54. The van der Waals surface area contributed by atoms with E-state index in [0.29, 0.717) is 52.3 Å². The van der Waals surface area contributed by atoms with Crippen LogP contribution in [0.15, 0.2) is 65.9 Å². The standard InChI is InChI=1S/C38H44BF2N5O6/c1-22-16-23(2)33(24(3)17-22)37(49)52-44-32(47)21-42-36(48)31(20-29-12-9-8-10-13-29)43-38(50)51-15-11-14-30-34-25(4)18-27(6)45(34)39(40,41)46-28(7)19-26(5)35(30)46/h8-10,12-13,16-19,31H,11,14-15,20-21H2,1-7H3,(H,42,48)(H,43,50)(H,44,47)/t31-/m1/s1. The first-order chi connectivity index (χ1) is 24.6. The molecule has 0 bridgehead atoms. The number of rotatable bonds is 11. The normalized spacial score (nSPS) is 15.0. The van der Waals surface area contributed by atoms with Gasteiger partial charge in [-0.3, -0.25) is 9.59 Å². The number of carbonyl (C=O) groups excluding carboxylic acids is 4. The zero-order valence-electron chi connectivity index (χ0n) is 30.5. The molecule has 0 unspecified atom stereocenters. The van der Waals surface area contributed by atoms with Gasteiger partial charge >= 0.3 is 19.0 Å². The smallest absolute Gasteiger partial charge is 0.450 e. The molecule has 3 amide bonds. The number of halogens is 2. The van der Waals surface area contributed by atoms with Gasteiger partial charge in [0.15, 0.2) is 5.70 Å². The van der Waals surface area contributed by atoms with Gasteiger partial charge in [-0.15, -0.1) is 0 Å². The number of fused-ring (bicyclic) bond motifs is 2. The molecule has 274 valence electrons. The number of hydrogen-bond acceptors (Lipinski definition) is 6. The van der Waals surface area contributed by atoms with Crippen LogP contribution in [0, 0.1) is 34.6 Å². The zero-order valence-corrected chi connectivity index (χ0v) is 30.5. The predicted molar refractivity (Wildman–Crippen MR) is 194 cm³/mol. The Hall–Kier alpha value is -5.53. The predicted octanol–water partition coefficient (Wildman–Crippen LogP) is 5.53. The lowest BCUT2D eigenvalue weighted by atomic mass is 9.85. The molecule has 3 N–H and O–H groups in total. The van der Waals surface area contributed by atoms with E-state index in [9.17, 15) is 19.2 Å². The molecule has 2 aliphatic heterocycles. The molecule has 11 nitrogen and oxygen atoms in total. The molecule has 2 aromatic carbocycles. The van der Waals surface area contributed by atoms with Gasteiger partial charge in [0.1, 0.15) is 11.8 Å². The van der Waals surface area contributed by atoms with E-state index >= 15 is 8.63 Å². The number of nitrogens with one attached hydrogen (secondary N) is 3. The van der Waals surface area contributed by atoms with Crippen molar-refractivity contribution in [3.63, 3.8) is 0 Å². The molecule has 0 radical (unpaired) electrons. The number of hydrogen-bond donors (Lipinski definition) is 3. The topological polar surface area (TPSA) is 131 Å². The molecule has 0 aliphatic carbocycles. The highest BCUT2D eigenvalue weighted by molar-refractivity contribution is 6.58. The number of allylic oxidation sites excluding steroid dienone is 3.